The Bertz CT molecular complexity index is 801. The topological polar surface area (TPSA) is 57.2 Å². The molecule has 2 aromatic rings. The Morgan fingerprint density at radius 2 is 1.57 bits per heavy atom. The van der Waals surface area contributed by atoms with E-state index in [9.17, 15) is 5.11 Å². The van der Waals surface area contributed by atoms with Crippen LogP contribution >= 0.6 is 11.6 Å². The van der Waals surface area contributed by atoms with Crippen LogP contribution in [-0.4, -0.2) is 48.8 Å². The smallest absolute Gasteiger partial charge is 0.163 e. The molecule has 0 radical (unpaired) electrons. The van der Waals surface area contributed by atoms with Crippen molar-refractivity contribution in [3.8, 4) is 11.5 Å². The fourth-order valence-corrected chi connectivity index (χ4v) is 3.46. The summed E-state index contributed by atoms with van der Waals surface area (Å²) in [5.41, 5.74) is 2.17. The van der Waals surface area contributed by atoms with Crippen LogP contribution in [0.25, 0.3) is 0 Å². The highest BCUT2D eigenvalue weighted by Crippen LogP contribution is 2.33. The van der Waals surface area contributed by atoms with Gasteiger partial charge in [0.15, 0.2) is 5.79 Å². The first-order valence-corrected chi connectivity index (χ1v) is 10.8. The van der Waals surface area contributed by atoms with E-state index in [0.717, 1.165) is 5.75 Å². The number of ether oxygens (including phenoxy) is 4. The Labute approximate surface area is 183 Å². The van der Waals surface area contributed by atoms with Gasteiger partial charge in [-0.1, -0.05) is 38.1 Å². The molecule has 1 fully saturated rings. The number of aliphatic hydroxyl groups excluding tert-OH is 1. The van der Waals surface area contributed by atoms with E-state index in [2.05, 4.69) is 26.0 Å². The Morgan fingerprint density at radius 1 is 1.03 bits per heavy atom. The van der Waals surface area contributed by atoms with Crippen molar-refractivity contribution in [3.63, 3.8) is 0 Å². The molecule has 1 aliphatic rings. The van der Waals surface area contributed by atoms with E-state index in [-0.39, 0.29) is 24.0 Å². The van der Waals surface area contributed by atoms with E-state index in [1.54, 1.807) is 0 Å². The molecule has 1 saturated heterocycles. The number of rotatable bonds is 9. The van der Waals surface area contributed by atoms with Gasteiger partial charge in [0, 0.05) is 5.41 Å². The third-order valence-corrected chi connectivity index (χ3v) is 5.63. The van der Waals surface area contributed by atoms with Crippen molar-refractivity contribution in [1.82, 2.24) is 0 Å². The van der Waals surface area contributed by atoms with Gasteiger partial charge in [-0.2, -0.15) is 0 Å². The maximum absolute atomic E-state index is 9.52. The molecule has 1 N–H and O–H groups in total. The molecule has 0 amide bonds. The van der Waals surface area contributed by atoms with E-state index in [1.165, 1.54) is 11.1 Å². The van der Waals surface area contributed by atoms with Crippen molar-refractivity contribution < 1.29 is 24.1 Å². The Kier molecular flexibility index (Phi) is 7.30. The highest BCUT2D eigenvalue weighted by Gasteiger charge is 2.33. The zero-order valence-corrected chi connectivity index (χ0v) is 18.8. The second kappa shape index (κ2) is 9.56. The molecule has 0 unspecified atom stereocenters. The predicted molar refractivity (Wildman–Crippen MR) is 118 cm³/mol. The van der Waals surface area contributed by atoms with Crippen molar-refractivity contribution in [3.05, 3.63) is 59.7 Å². The minimum atomic E-state index is -0.664. The Balaban J connectivity index is 1.59. The van der Waals surface area contributed by atoms with Crippen molar-refractivity contribution in [1.29, 1.82) is 0 Å². The largest absolute Gasteiger partial charge is 0.491 e. The number of benzene rings is 2. The first kappa shape index (κ1) is 22.9. The zero-order chi connectivity index (χ0) is 21.8. The molecule has 30 heavy (non-hydrogen) atoms. The van der Waals surface area contributed by atoms with Crippen LogP contribution in [0, 0.1) is 0 Å². The van der Waals surface area contributed by atoms with Gasteiger partial charge in [0.2, 0.25) is 0 Å². The van der Waals surface area contributed by atoms with Crippen LogP contribution in [0.2, 0.25) is 0 Å². The minimum absolute atomic E-state index is 0.0533. The van der Waals surface area contributed by atoms with Gasteiger partial charge >= 0.3 is 0 Å². The summed E-state index contributed by atoms with van der Waals surface area (Å²) in [5.74, 6) is 1.14. The third kappa shape index (κ3) is 5.88. The van der Waals surface area contributed by atoms with E-state index in [4.69, 9.17) is 30.5 Å². The molecule has 0 saturated carbocycles. The van der Waals surface area contributed by atoms with Crippen molar-refractivity contribution in [2.45, 2.75) is 51.1 Å². The van der Waals surface area contributed by atoms with E-state index in [0.29, 0.717) is 19.0 Å². The van der Waals surface area contributed by atoms with E-state index in [1.807, 2.05) is 50.2 Å². The number of hydrogen-bond acceptors (Lipinski definition) is 5. The van der Waals surface area contributed by atoms with Crippen LogP contribution in [0.4, 0.5) is 0 Å². The van der Waals surface area contributed by atoms with Gasteiger partial charge in [-0.15, -0.1) is 11.6 Å². The molecule has 1 heterocycles. The molecule has 0 aromatic heterocycles. The summed E-state index contributed by atoms with van der Waals surface area (Å²) in [4.78, 5) is 0. The molecular formula is C24H31ClO5. The monoisotopic (exact) mass is 434 g/mol. The van der Waals surface area contributed by atoms with Gasteiger partial charge in [-0.25, -0.2) is 0 Å². The molecule has 2 atom stereocenters. The summed E-state index contributed by atoms with van der Waals surface area (Å²) < 4.78 is 22.8. The lowest BCUT2D eigenvalue weighted by molar-refractivity contribution is -0.141. The summed E-state index contributed by atoms with van der Waals surface area (Å²) in [5, 5.41) is 9.52. The zero-order valence-electron chi connectivity index (χ0n) is 18.1. The molecular weight excluding hydrogens is 404 g/mol. The van der Waals surface area contributed by atoms with E-state index >= 15 is 0 Å². The second-order valence-electron chi connectivity index (χ2n) is 8.55. The molecule has 2 aromatic carbocycles. The SMILES string of the molecule is CC1(C)OC[C@H](COc2ccc(C(C)(C)c3ccc(OC[C@H](O)CCl)cc3)cc2)O1. The highest BCUT2D eigenvalue weighted by molar-refractivity contribution is 6.18. The molecule has 164 valence electrons. The molecule has 5 nitrogen and oxygen atoms in total. The molecule has 1 aliphatic heterocycles. The van der Waals surface area contributed by atoms with Crippen LogP contribution in [0.15, 0.2) is 48.5 Å². The number of aliphatic hydroxyl groups is 1. The van der Waals surface area contributed by atoms with Crippen molar-refractivity contribution in [2.24, 2.45) is 0 Å². The summed E-state index contributed by atoms with van der Waals surface area (Å²) in [6.45, 7) is 9.37. The van der Waals surface area contributed by atoms with E-state index < -0.39 is 11.9 Å². The third-order valence-electron chi connectivity index (χ3n) is 5.28. The minimum Gasteiger partial charge on any atom is -0.491 e. The fourth-order valence-electron chi connectivity index (χ4n) is 3.37. The lowest BCUT2D eigenvalue weighted by Crippen LogP contribution is -2.25. The molecule has 0 spiro atoms. The summed E-state index contributed by atoms with van der Waals surface area (Å²) in [6, 6.07) is 16.1. The van der Waals surface area contributed by atoms with Crippen LogP contribution < -0.4 is 9.47 Å². The predicted octanol–water partition coefficient (Wildman–Crippen LogP) is 4.52. The van der Waals surface area contributed by atoms with Crippen LogP contribution in [0.5, 0.6) is 11.5 Å². The standard InChI is InChI=1S/C24H31ClO5/c1-23(2,17-5-9-20(10-6-17)27-14-19(26)13-25)18-7-11-21(12-8-18)28-15-22-16-29-24(3,4)30-22/h5-12,19,22,26H,13-16H2,1-4H3/t19-,22+/m1/s1. The van der Waals surface area contributed by atoms with Gasteiger partial charge in [0.05, 0.1) is 12.5 Å². The van der Waals surface area contributed by atoms with Crippen molar-refractivity contribution >= 4 is 11.6 Å². The number of alkyl halides is 1. The average Bonchev–Trinajstić information content (AvgIpc) is 3.09. The van der Waals surface area contributed by atoms with Gasteiger partial charge in [-0.3, -0.25) is 0 Å². The fraction of sp³-hybridized carbons (Fsp3) is 0.500. The van der Waals surface area contributed by atoms with Gasteiger partial charge in [0.25, 0.3) is 0 Å². The summed E-state index contributed by atoms with van der Waals surface area (Å²) in [6.07, 6.45) is -0.717. The Hall–Kier alpha value is -1.79. The van der Waals surface area contributed by atoms with Crippen molar-refractivity contribution in [2.75, 3.05) is 25.7 Å². The van der Waals surface area contributed by atoms with Crippen LogP contribution in [-0.2, 0) is 14.9 Å². The van der Waals surface area contributed by atoms with Crippen LogP contribution in [0.3, 0.4) is 0 Å². The van der Waals surface area contributed by atoms with Gasteiger partial charge in [-0.05, 0) is 49.2 Å². The highest BCUT2D eigenvalue weighted by atomic mass is 35.5. The van der Waals surface area contributed by atoms with Crippen LogP contribution in [0.1, 0.15) is 38.8 Å². The van der Waals surface area contributed by atoms with Gasteiger partial charge in [0.1, 0.15) is 36.9 Å². The lowest BCUT2D eigenvalue weighted by Gasteiger charge is -2.26. The lowest BCUT2D eigenvalue weighted by atomic mass is 9.78. The quantitative estimate of drug-likeness (QED) is 0.588. The first-order valence-electron chi connectivity index (χ1n) is 10.2. The maximum Gasteiger partial charge on any atom is 0.163 e. The second-order valence-corrected chi connectivity index (χ2v) is 8.86. The number of hydrogen-bond donors (Lipinski definition) is 1. The van der Waals surface area contributed by atoms with Gasteiger partial charge < -0.3 is 24.1 Å². The maximum atomic E-state index is 9.52. The summed E-state index contributed by atoms with van der Waals surface area (Å²) in [7, 11) is 0. The first-order chi connectivity index (χ1) is 14.2. The number of halogens is 1. The summed E-state index contributed by atoms with van der Waals surface area (Å²) >= 11 is 5.60. The Morgan fingerprint density at radius 3 is 2.03 bits per heavy atom. The molecule has 3 rings (SSSR count). The molecule has 6 heteroatoms. The molecule has 0 bridgehead atoms. The average molecular weight is 435 g/mol. The normalized spacial score (nSPS) is 19.5. The molecule has 0 aliphatic carbocycles.